The molecule has 2 aliphatic rings. The molecule has 0 aromatic rings. The van der Waals surface area contributed by atoms with Crippen molar-refractivity contribution >= 4 is 0 Å². The van der Waals surface area contributed by atoms with Gasteiger partial charge in [0.05, 0.1) is 0 Å². The molecule has 2 rings (SSSR count). The zero-order chi connectivity index (χ0) is 10.7. The maximum Gasteiger partial charge on any atom is 0.0499 e. The van der Waals surface area contributed by atoms with Crippen LogP contribution in [0.4, 0.5) is 0 Å². The van der Waals surface area contributed by atoms with Crippen LogP contribution in [0.25, 0.3) is 0 Å². The lowest BCUT2D eigenvalue weighted by Crippen LogP contribution is -2.34. The molecule has 2 heteroatoms. The minimum Gasteiger partial charge on any atom is -0.396 e. The molecule has 0 bridgehead atoms. The highest BCUT2D eigenvalue weighted by atomic mass is 16.3. The van der Waals surface area contributed by atoms with Crippen molar-refractivity contribution in [1.29, 1.82) is 0 Å². The number of hydrogen-bond donors (Lipinski definition) is 2. The largest absolute Gasteiger partial charge is 0.396 e. The van der Waals surface area contributed by atoms with Gasteiger partial charge >= 0.3 is 0 Å². The average molecular weight is 211 g/mol. The number of hydrogen-bond acceptors (Lipinski definition) is 2. The molecule has 1 atom stereocenters. The summed E-state index contributed by atoms with van der Waals surface area (Å²) in [5, 5.41) is 12.8. The fraction of sp³-hybridized carbons (Fsp3) is 1.00. The SMILES string of the molecule is CC(CC1CCCC1)NCC1(CO)CC1. The van der Waals surface area contributed by atoms with Crippen LogP contribution in [0.3, 0.4) is 0 Å². The van der Waals surface area contributed by atoms with Crippen molar-refractivity contribution in [3.05, 3.63) is 0 Å². The average Bonchev–Trinajstić information content (AvgIpc) is 2.86. The molecule has 0 heterocycles. The molecule has 1 unspecified atom stereocenters. The second kappa shape index (κ2) is 4.84. The number of aliphatic hydroxyl groups is 1. The Bertz CT molecular complexity index is 195. The van der Waals surface area contributed by atoms with Crippen LogP contribution in [0, 0.1) is 11.3 Å². The smallest absolute Gasteiger partial charge is 0.0499 e. The summed E-state index contributed by atoms with van der Waals surface area (Å²) in [5.74, 6) is 0.969. The Morgan fingerprint density at radius 3 is 2.53 bits per heavy atom. The number of nitrogens with one attached hydrogen (secondary N) is 1. The predicted octanol–water partition coefficient (Wildman–Crippen LogP) is 2.32. The lowest BCUT2D eigenvalue weighted by molar-refractivity contribution is 0.202. The van der Waals surface area contributed by atoms with Crippen molar-refractivity contribution < 1.29 is 5.11 Å². The van der Waals surface area contributed by atoms with Crippen LogP contribution in [-0.4, -0.2) is 24.3 Å². The van der Waals surface area contributed by atoms with E-state index < -0.39 is 0 Å². The van der Waals surface area contributed by atoms with Gasteiger partial charge in [-0.15, -0.1) is 0 Å². The van der Waals surface area contributed by atoms with Crippen LogP contribution in [0.1, 0.15) is 51.9 Å². The summed E-state index contributed by atoms with van der Waals surface area (Å²) in [6, 6.07) is 0.636. The van der Waals surface area contributed by atoms with E-state index >= 15 is 0 Å². The van der Waals surface area contributed by atoms with E-state index in [1.54, 1.807) is 0 Å². The zero-order valence-electron chi connectivity index (χ0n) is 9.97. The van der Waals surface area contributed by atoms with Crippen LogP contribution in [0.5, 0.6) is 0 Å². The molecule has 2 nitrogen and oxygen atoms in total. The summed E-state index contributed by atoms with van der Waals surface area (Å²) >= 11 is 0. The van der Waals surface area contributed by atoms with Gasteiger partial charge in [0.15, 0.2) is 0 Å². The van der Waals surface area contributed by atoms with Crippen LogP contribution in [0.15, 0.2) is 0 Å². The van der Waals surface area contributed by atoms with Gasteiger partial charge in [-0.1, -0.05) is 25.7 Å². The highest BCUT2D eigenvalue weighted by Gasteiger charge is 2.41. The molecule has 0 radical (unpaired) electrons. The summed E-state index contributed by atoms with van der Waals surface area (Å²) in [5.41, 5.74) is 0.268. The minimum absolute atomic E-state index is 0.268. The zero-order valence-corrected chi connectivity index (χ0v) is 9.97. The highest BCUT2D eigenvalue weighted by Crippen LogP contribution is 2.44. The summed E-state index contributed by atoms with van der Waals surface area (Å²) in [4.78, 5) is 0. The monoisotopic (exact) mass is 211 g/mol. The molecule has 0 saturated heterocycles. The van der Waals surface area contributed by atoms with E-state index in [0.717, 1.165) is 12.5 Å². The van der Waals surface area contributed by atoms with Gasteiger partial charge in [-0.25, -0.2) is 0 Å². The fourth-order valence-corrected chi connectivity index (χ4v) is 2.79. The predicted molar refractivity (Wildman–Crippen MR) is 62.8 cm³/mol. The third-order valence-corrected chi connectivity index (χ3v) is 4.28. The Morgan fingerprint density at radius 2 is 2.00 bits per heavy atom. The third kappa shape index (κ3) is 3.18. The molecule has 2 aliphatic carbocycles. The lowest BCUT2D eigenvalue weighted by atomic mass is 9.98. The molecule has 0 spiro atoms. The van der Waals surface area contributed by atoms with Crippen molar-refractivity contribution in [3.63, 3.8) is 0 Å². The molecule has 0 aromatic carbocycles. The van der Waals surface area contributed by atoms with E-state index in [-0.39, 0.29) is 5.41 Å². The summed E-state index contributed by atoms with van der Waals surface area (Å²) in [6.07, 6.45) is 9.53. The number of aliphatic hydroxyl groups excluding tert-OH is 1. The Balaban J connectivity index is 1.61. The van der Waals surface area contributed by atoms with Gasteiger partial charge in [0.25, 0.3) is 0 Å². The first-order valence-electron chi connectivity index (χ1n) is 6.58. The first-order valence-corrected chi connectivity index (χ1v) is 6.58. The van der Waals surface area contributed by atoms with E-state index in [2.05, 4.69) is 12.2 Å². The van der Waals surface area contributed by atoms with E-state index in [1.165, 1.54) is 44.9 Å². The molecule has 2 N–H and O–H groups in total. The van der Waals surface area contributed by atoms with Crippen LogP contribution in [-0.2, 0) is 0 Å². The molecule has 88 valence electrons. The third-order valence-electron chi connectivity index (χ3n) is 4.28. The van der Waals surface area contributed by atoms with Crippen molar-refractivity contribution in [3.8, 4) is 0 Å². The van der Waals surface area contributed by atoms with E-state index in [0.29, 0.717) is 12.6 Å². The van der Waals surface area contributed by atoms with Gasteiger partial charge in [0.2, 0.25) is 0 Å². The Hall–Kier alpha value is -0.0800. The van der Waals surface area contributed by atoms with Crippen LogP contribution in [0.2, 0.25) is 0 Å². The van der Waals surface area contributed by atoms with E-state index in [9.17, 15) is 5.11 Å². The number of rotatable bonds is 6. The molecular weight excluding hydrogens is 186 g/mol. The second-order valence-corrected chi connectivity index (χ2v) is 5.83. The van der Waals surface area contributed by atoms with Gasteiger partial charge < -0.3 is 10.4 Å². The van der Waals surface area contributed by atoms with Gasteiger partial charge in [-0.05, 0) is 32.1 Å². The molecule has 2 fully saturated rings. The summed E-state index contributed by atoms with van der Waals surface area (Å²) in [7, 11) is 0. The minimum atomic E-state index is 0.268. The normalized spacial score (nSPS) is 26.8. The standard InChI is InChI=1S/C13H25NO/c1-11(8-12-4-2-3-5-12)14-9-13(10-15)6-7-13/h11-12,14-15H,2-10H2,1H3. The fourth-order valence-electron chi connectivity index (χ4n) is 2.79. The van der Waals surface area contributed by atoms with E-state index in [1.807, 2.05) is 0 Å². The lowest BCUT2D eigenvalue weighted by Gasteiger charge is -2.21. The molecule has 2 saturated carbocycles. The molecule has 0 aliphatic heterocycles. The van der Waals surface area contributed by atoms with Gasteiger partial charge in [0.1, 0.15) is 0 Å². The molecule has 0 aromatic heterocycles. The maximum atomic E-state index is 9.21. The first kappa shape index (κ1) is 11.4. The topological polar surface area (TPSA) is 32.3 Å². The van der Waals surface area contributed by atoms with Gasteiger partial charge in [0, 0.05) is 24.6 Å². The van der Waals surface area contributed by atoms with Crippen molar-refractivity contribution in [2.45, 2.75) is 57.9 Å². The van der Waals surface area contributed by atoms with Crippen LogP contribution >= 0.6 is 0 Å². The van der Waals surface area contributed by atoms with Crippen molar-refractivity contribution in [1.82, 2.24) is 5.32 Å². The summed E-state index contributed by atoms with van der Waals surface area (Å²) in [6.45, 7) is 3.69. The van der Waals surface area contributed by atoms with Gasteiger partial charge in [-0.2, -0.15) is 0 Å². The Morgan fingerprint density at radius 1 is 1.33 bits per heavy atom. The molecular formula is C13H25NO. The molecule has 0 amide bonds. The maximum absolute atomic E-state index is 9.21. The highest BCUT2D eigenvalue weighted by molar-refractivity contribution is 4.94. The van der Waals surface area contributed by atoms with Crippen molar-refractivity contribution in [2.24, 2.45) is 11.3 Å². The quantitative estimate of drug-likeness (QED) is 0.706. The van der Waals surface area contributed by atoms with E-state index in [4.69, 9.17) is 0 Å². The summed E-state index contributed by atoms with van der Waals surface area (Å²) < 4.78 is 0. The Kier molecular flexibility index (Phi) is 3.68. The molecule has 15 heavy (non-hydrogen) atoms. The van der Waals surface area contributed by atoms with Gasteiger partial charge in [-0.3, -0.25) is 0 Å². The van der Waals surface area contributed by atoms with Crippen molar-refractivity contribution in [2.75, 3.05) is 13.2 Å². The Labute approximate surface area is 93.5 Å². The first-order chi connectivity index (χ1) is 7.24. The van der Waals surface area contributed by atoms with Crippen LogP contribution < -0.4 is 5.32 Å². The second-order valence-electron chi connectivity index (χ2n) is 5.83.